The standard InChI is InChI=1S/C12H11OP.C2H6/c14-13-12-8-4-7-11(9-12)10-5-2-1-3-6-10;1-2/h1-9H,14H2;1-2H3. The van der Waals surface area contributed by atoms with Gasteiger partial charge in [-0.1, -0.05) is 56.3 Å². The molecule has 2 heteroatoms. The predicted octanol–water partition coefficient (Wildman–Crippen LogP) is 4.55. The zero-order chi connectivity index (χ0) is 11.8. The van der Waals surface area contributed by atoms with Crippen molar-refractivity contribution in [3.05, 3.63) is 54.6 Å². The topological polar surface area (TPSA) is 9.23 Å². The Morgan fingerprint density at radius 2 is 1.44 bits per heavy atom. The molecular weight excluding hydrogens is 215 g/mol. The fraction of sp³-hybridized carbons (Fsp3) is 0.143. The Labute approximate surface area is 99.8 Å². The van der Waals surface area contributed by atoms with Crippen LogP contribution in [-0.4, -0.2) is 0 Å². The second-order valence-electron chi connectivity index (χ2n) is 3.01. The third-order valence-electron chi connectivity index (χ3n) is 2.08. The molecular formula is C14H17OP. The summed E-state index contributed by atoms with van der Waals surface area (Å²) in [5.41, 5.74) is 2.38. The first-order chi connectivity index (χ1) is 7.90. The number of hydrogen-bond acceptors (Lipinski definition) is 1. The first kappa shape index (κ1) is 12.7. The fourth-order valence-electron chi connectivity index (χ4n) is 1.38. The third kappa shape index (κ3) is 3.36. The van der Waals surface area contributed by atoms with Gasteiger partial charge >= 0.3 is 0 Å². The van der Waals surface area contributed by atoms with Crippen LogP contribution in [0, 0.1) is 0 Å². The summed E-state index contributed by atoms with van der Waals surface area (Å²) in [5.74, 6) is 0.858. The second kappa shape index (κ2) is 7.03. The van der Waals surface area contributed by atoms with Crippen molar-refractivity contribution in [1.82, 2.24) is 0 Å². The molecule has 0 saturated heterocycles. The van der Waals surface area contributed by atoms with Crippen LogP contribution in [-0.2, 0) is 0 Å². The molecule has 0 aliphatic rings. The Balaban J connectivity index is 0.000000606. The Morgan fingerprint density at radius 1 is 0.812 bits per heavy atom. The van der Waals surface area contributed by atoms with Crippen molar-refractivity contribution in [2.24, 2.45) is 0 Å². The largest absolute Gasteiger partial charge is 0.480 e. The molecule has 2 aromatic carbocycles. The summed E-state index contributed by atoms with van der Waals surface area (Å²) in [5, 5.41) is 0. The van der Waals surface area contributed by atoms with Gasteiger partial charge in [-0.25, -0.2) is 0 Å². The van der Waals surface area contributed by atoms with Crippen molar-refractivity contribution < 1.29 is 4.52 Å². The summed E-state index contributed by atoms with van der Waals surface area (Å²) < 4.78 is 5.09. The third-order valence-corrected chi connectivity index (χ3v) is 2.35. The van der Waals surface area contributed by atoms with Gasteiger partial charge in [0.05, 0.1) is 9.47 Å². The van der Waals surface area contributed by atoms with Crippen LogP contribution in [0.5, 0.6) is 5.75 Å². The number of rotatable bonds is 2. The minimum absolute atomic E-state index is 0.858. The van der Waals surface area contributed by atoms with Crippen LogP contribution >= 0.6 is 9.47 Å². The van der Waals surface area contributed by atoms with E-state index in [0.717, 1.165) is 5.75 Å². The van der Waals surface area contributed by atoms with Crippen LogP contribution in [0.1, 0.15) is 13.8 Å². The minimum atomic E-state index is 0.858. The second-order valence-corrected chi connectivity index (χ2v) is 3.25. The molecule has 84 valence electrons. The maximum absolute atomic E-state index is 5.09. The molecule has 0 fully saturated rings. The van der Waals surface area contributed by atoms with Crippen LogP contribution in [0.4, 0.5) is 0 Å². The van der Waals surface area contributed by atoms with Crippen LogP contribution in [0.25, 0.3) is 11.1 Å². The summed E-state index contributed by atoms with van der Waals surface area (Å²) in [7, 11) is 2.25. The van der Waals surface area contributed by atoms with Gasteiger partial charge in [-0.3, -0.25) is 0 Å². The molecule has 0 heterocycles. The quantitative estimate of drug-likeness (QED) is 0.690. The normalized spacial score (nSPS) is 8.94. The molecule has 1 unspecified atom stereocenters. The molecule has 0 aliphatic carbocycles. The number of hydrogen-bond donors (Lipinski definition) is 0. The average Bonchev–Trinajstić information content (AvgIpc) is 2.42. The number of benzene rings is 2. The highest BCUT2D eigenvalue weighted by atomic mass is 31.0. The molecule has 0 radical (unpaired) electrons. The Morgan fingerprint density at radius 3 is 2.06 bits per heavy atom. The van der Waals surface area contributed by atoms with Gasteiger partial charge in [0.25, 0.3) is 0 Å². The van der Waals surface area contributed by atoms with E-state index in [1.807, 2.05) is 50.2 Å². The lowest BCUT2D eigenvalue weighted by molar-refractivity contribution is 0.646. The maximum Gasteiger partial charge on any atom is 0.123 e. The molecule has 0 bridgehead atoms. The van der Waals surface area contributed by atoms with Gasteiger partial charge in [0.2, 0.25) is 0 Å². The van der Waals surface area contributed by atoms with Crippen molar-refractivity contribution in [2.45, 2.75) is 13.8 Å². The summed E-state index contributed by atoms with van der Waals surface area (Å²) >= 11 is 0. The summed E-state index contributed by atoms with van der Waals surface area (Å²) in [6.45, 7) is 4.00. The molecule has 1 nitrogen and oxygen atoms in total. The van der Waals surface area contributed by atoms with Crippen molar-refractivity contribution in [2.75, 3.05) is 0 Å². The SMILES string of the molecule is CC.POc1cccc(-c2ccccc2)c1. The first-order valence-electron chi connectivity index (χ1n) is 5.42. The van der Waals surface area contributed by atoms with Crippen molar-refractivity contribution in [1.29, 1.82) is 0 Å². The molecule has 0 aromatic heterocycles. The minimum Gasteiger partial charge on any atom is -0.480 e. The van der Waals surface area contributed by atoms with E-state index in [9.17, 15) is 0 Å². The van der Waals surface area contributed by atoms with E-state index >= 15 is 0 Å². The lowest BCUT2D eigenvalue weighted by Gasteiger charge is -2.03. The van der Waals surface area contributed by atoms with E-state index in [1.54, 1.807) is 0 Å². The highest BCUT2D eigenvalue weighted by Gasteiger charge is 1.97. The van der Waals surface area contributed by atoms with Crippen molar-refractivity contribution in [3.8, 4) is 16.9 Å². The Kier molecular flexibility index (Phi) is 5.60. The van der Waals surface area contributed by atoms with Gasteiger partial charge in [0.15, 0.2) is 0 Å². The highest BCUT2D eigenvalue weighted by molar-refractivity contribution is 7.10. The lowest BCUT2D eigenvalue weighted by atomic mass is 10.1. The molecule has 0 N–H and O–H groups in total. The van der Waals surface area contributed by atoms with Crippen molar-refractivity contribution >= 4 is 9.47 Å². The van der Waals surface area contributed by atoms with Gasteiger partial charge < -0.3 is 4.52 Å². The highest BCUT2D eigenvalue weighted by Crippen LogP contribution is 2.24. The van der Waals surface area contributed by atoms with E-state index in [2.05, 4.69) is 27.7 Å². The molecule has 16 heavy (non-hydrogen) atoms. The molecule has 0 aliphatic heterocycles. The predicted molar refractivity (Wildman–Crippen MR) is 73.6 cm³/mol. The van der Waals surface area contributed by atoms with E-state index in [1.165, 1.54) is 11.1 Å². The zero-order valence-electron chi connectivity index (χ0n) is 9.68. The van der Waals surface area contributed by atoms with E-state index in [4.69, 9.17) is 4.52 Å². The van der Waals surface area contributed by atoms with Crippen molar-refractivity contribution in [3.63, 3.8) is 0 Å². The average molecular weight is 232 g/mol. The molecule has 0 amide bonds. The van der Waals surface area contributed by atoms with Crippen LogP contribution in [0.3, 0.4) is 0 Å². The van der Waals surface area contributed by atoms with Crippen LogP contribution < -0.4 is 4.52 Å². The molecule has 2 rings (SSSR count). The van der Waals surface area contributed by atoms with Gasteiger partial charge in [0, 0.05) is 0 Å². The Bertz CT molecular complexity index is 412. The van der Waals surface area contributed by atoms with Crippen LogP contribution in [0.15, 0.2) is 54.6 Å². The summed E-state index contributed by atoms with van der Waals surface area (Å²) in [4.78, 5) is 0. The van der Waals surface area contributed by atoms with Gasteiger partial charge in [0.1, 0.15) is 5.75 Å². The van der Waals surface area contributed by atoms with Crippen LogP contribution in [0.2, 0.25) is 0 Å². The zero-order valence-corrected chi connectivity index (χ0v) is 10.8. The van der Waals surface area contributed by atoms with Gasteiger partial charge in [-0.2, -0.15) is 0 Å². The van der Waals surface area contributed by atoms with Gasteiger partial charge in [-0.15, -0.1) is 0 Å². The van der Waals surface area contributed by atoms with E-state index in [-0.39, 0.29) is 0 Å². The van der Waals surface area contributed by atoms with E-state index in [0.29, 0.717) is 0 Å². The Hall–Kier alpha value is -1.33. The maximum atomic E-state index is 5.09. The fourth-order valence-corrected chi connectivity index (χ4v) is 1.53. The summed E-state index contributed by atoms with van der Waals surface area (Å²) in [6.07, 6.45) is 0. The molecule has 0 spiro atoms. The smallest absolute Gasteiger partial charge is 0.123 e. The van der Waals surface area contributed by atoms with E-state index < -0.39 is 0 Å². The lowest BCUT2D eigenvalue weighted by Crippen LogP contribution is -1.78. The monoisotopic (exact) mass is 232 g/mol. The van der Waals surface area contributed by atoms with Gasteiger partial charge in [-0.05, 0) is 23.3 Å². The molecule has 0 saturated carbocycles. The molecule has 1 atom stereocenters. The summed E-state index contributed by atoms with van der Waals surface area (Å²) in [6, 6.07) is 18.3. The molecule has 2 aromatic rings. The first-order valence-corrected chi connectivity index (χ1v) is 5.89.